The predicted molar refractivity (Wildman–Crippen MR) is 67.1 cm³/mol. The Kier molecular flexibility index (Phi) is 3.85. The van der Waals surface area contributed by atoms with Crippen LogP contribution in [0, 0.1) is 0 Å². The molecule has 1 aliphatic heterocycles. The molecule has 0 saturated carbocycles. The molecule has 2 rings (SSSR count). The average molecular weight is 261 g/mol. The van der Waals surface area contributed by atoms with Crippen LogP contribution >= 0.6 is 26.6 Å². The number of nitrogens with zero attached hydrogens (tertiary/aromatic N) is 1. The fourth-order valence-electron chi connectivity index (χ4n) is 1.11. The summed E-state index contributed by atoms with van der Waals surface area (Å²) in [5.74, 6) is -0.886. The van der Waals surface area contributed by atoms with Gasteiger partial charge in [0.2, 0.25) is 0 Å². The molecule has 0 bridgehead atoms. The zero-order valence-electron chi connectivity index (χ0n) is 7.61. The van der Waals surface area contributed by atoms with Gasteiger partial charge in [0, 0.05) is 14.6 Å². The normalized spacial score (nSPS) is 21.2. The lowest BCUT2D eigenvalue weighted by Gasteiger charge is -2.28. The van der Waals surface area contributed by atoms with E-state index in [1.165, 1.54) is 0 Å². The summed E-state index contributed by atoms with van der Waals surface area (Å²) in [5, 5.41) is 8.75. The topological polar surface area (TPSA) is 64.6 Å². The highest BCUT2D eigenvalue weighted by molar-refractivity contribution is 7.70. The Hall–Kier alpha value is -0.300. The maximum absolute atomic E-state index is 10.7. The number of aromatic carboxylic acids is 1. The highest BCUT2D eigenvalue weighted by Gasteiger charge is 2.10. The van der Waals surface area contributed by atoms with Gasteiger partial charge in [-0.25, -0.2) is 14.5 Å². The number of carboxylic acid groups (broad SMARTS) is 1. The summed E-state index contributed by atoms with van der Waals surface area (Å²) in [6, 6.07) is 6.93. The van der Waals surface area contributed by atoms with Gasteiger partial charge in [0.15, 0.2) is 0 Å². The van der Waals surface area contributed by atoms with Gasteiger partial charge in [-0.15, -0.1) is 0 Å². The number of anilines is 1. The van der Waals surface area contributed by atoms with Gasteiger partial charge in [0.25, 0.3) is 0 Å². The first-order valence-electron chi connectivity index (χ1n) is 4.17. The molecule has 1 aromatic carbocycles. The Morgan fingerprint density at radius 3 is 2.33 bits per heavy atom. The lowest BCUT2D eigenvalue weighted by atomic mass is 10.2. The molecule has 0 spiro atoms. The quantitative estimate of drug-likeness (QED) is 0.710. The zero-order valence-corrected chi connectivity index (χ0v) is 10.6. The van der Waals surface area contributed by atoms with Crippen LogP contribution in [0.2, 0.25) is 0 Å². The molecule has 0 aliphatic carbocycles. The molecule has 0 amide bonds. The maximum Gasteiger partial charge on any atom is 0.335 e. The van der Waals surface area contributed by atoms with Gasteiger partial charge in [-0.2, -0.15) is 0 Å². The van der Waals surface area contributed by atoms with Crippen molar-refractivity contribution in [2.45, 2.75) is 0 Å². The molecule has 1 aromatic rings. The van der Waals surface area contributed by atoms with Crippen molar-refractivity contribution in [3.8, 4) is 0 Å². The number of carbonyl (C=O) groups is 1. The van der Waals surface area contributed by atoms with Crippen molar-refractivity contribution < 1.29 is 9.90 Å². The van der Waals surface area contributed by atoms with Gasteiger partial charge in [-0.1, -0.05) is 0 Å². The van der Waals surface area contributed by atoms with E-state index in [2.05, 4.69) is 14.2 Å². The van der Waals surface area contributed by atoms with Crippen LogP contribution in [0.3, 0.4) is 0 Å². The van der Waals surface area contributed by atoms with Gasteiger partial charge in [-0.05, 0) is 24.3 Å². The summed E-state index contributed by atoms with van der Waals surface area (Å²) in [6.07, 6.45) is 0. The van der Waals surface area contributed by atoms with E-state index in [1.807, 2.05) is 12.1 Å². The Morgan fingerprint density at radius 2 is 1.80 bits per heavy atom. The Morgan fingerprint density at radius 1 is 1.20 bits per heavy atom. The third-order valence-corrected chi connectivity index (χ3v) is 5.36. The number of nitrogens with one attached hydrogen (secondary N) is 2. The highest BCUT2D eigenvalue weighted by Crippen LogP contribution is 2.41. The minimum Gasteiger partial charge on any atom is -0.478 e. The summed E-state index contributed by atoms with van der Waals surface area (Å²) < 4.78 is 2.15. The van der Waals surface area contributed by atoms with Crippen LogP contribution in [0.5, 0.6) is 0 Å². The van der Waals surface area contributed by atoms with Crippen LogP contribution in [0.25, 0.3) is 0 Å². The number of benzene rings is 1. The largest absolute Gasteiger partial charge is 0.478 e. The lowest BCUT2D eigenvalue weighted by molar-refractivity contribution is 0.0697. The summed E-state index contributed by atoms with van der Waals surface area (Å²) in [6.45, 7) is 0. The fraction of sp³-hybridized carbons (Fsp3) is 0. The Balaban J connectivity index is 2.11. The maximum atomic E-state index is 10.7. The minimum atomic E-state index is -0.886. The summed E-state index contributed by atoms with van der Waals surface area (Å²) in [5.41, 5.74) is 1.37. The predicted octanol–water partition coefficient (Wildman–Crippen LogP) is 1.91. The molecule has 1 saturated heterocycles. The molecule has 1 aliphatic rings. The number of carboxylic acids is 1. The molecule has 3 N–H and O–H groups in total. The van der Waals surface area contributed by atoms with Crippen molar-refractivity contribution in [2.75, 3.05) is 4.44 Å². The van der Waals surface area contributed by atoms with E-state index < -0.39 is 5.97 Å². The number of hydrogen-bond acceptors (Lipinski definition) is 4. The molecule has 15 heavy (non-hydrogen) atoms. The molecule has 1 heterocycles. The first-order valence-corrected chi connectivity index (χ1v) is 7.06. The van der Waals surface area contributed by atoms with Crippen LogP contribution < -0.4 is 14.2 Å². The van der Waals surface area contributed by atoms with E-state index >= 15 is 0 Å². The molecular formula is C7H10N3O2P3. The van der Waals surface area contributed by atoms with E-state index in [4.69, 9.17) is 5.11 Å². The first-order chi connectivity index (χ1) is 7.27. The Labute approximate surface area is 92.7 Å². The number of hydrogen-bond donors (Lipinski definition) is 3. The molecule has 0 radical (unpaired) electrons. The molecule has 1 fully saturated rings. The summed E-state index contributed by atoms with van der Waals surface area (Å²) >= 11 is 0. The third kappa shape index (κ3) is 2.84. The Bertz CT molecular complexity index is 353. The standard InChI is InChI=1S/C7H10N3O2P3/c11-7(12)5-1-3-6(4-2-5)10-14-8-13-9-15-10/h1-4,8-9,13-15H,(H,11,12). The van der Waals surface area contributed by atoms with Crippen molar-refractivity contribution in [3.63, 3.8) is 0 Å². The zero-order chi connectivity index (χ0) is 10.7. The van der Waals surface area contributed by atoms with Crippen molar-refractivity contribution in [2.24, 2.45) is 0 Å². The molecule has 5 nitrogen and oxygen atoms in total. The second-order valence-corrected chi connectivity index (χ2v) is 6.82. The molecule has 2 unspecified atom stereocenters. The van der Waals surface area contributed by atoms with Gasteiger partial charge in [0.05, 0.1) is 23.3 Å². The van der Waals surface area contributed by atoms with Crippen LogP contribution in [0.4, 0.5) is 5.69 Å². The molecule has 2 atom stereocenters. The van der Waals surface area contributed by atoms with Crippen LogP contribution in [0.1, 0.15) is 10.4 Å². The average Bonchev–Trinajstić information content (AvgIpc) is 2.30. The smallest absolute Gasteiger partial charge is 0.335 e. The third-order valence-electron chi connectivity index (χ3n) is 1.83. The summed E-state index contributed by atoms with van der Waals surface area (Å²) in [4.78, 5) is 17.1. The van der Waals surface area contributed by atoms with Crippen molar-refractivity contribution in [1.82, 2.24) is 9.72 Å². The van der Waals surface area contributed by atoms with E-state index in [9.17, 15) is 4.79 Å². The number of rotatable bonds is 2. The van der Waals surface area contributed by atoms with Crippen molar-refractivity contribution in [1.29, 1.82) is 0 Å². The van der Waals surface area contributed by atoms with Crippen molar-refractivity contribution >= 4 is 38.3 Å². The van der Waals surface area contributed by atoms with Gasteiger partial charge < -0.3 is 9.55 Å². The van der Waals surface area contributed by atoms with E-state index in [0.29, 0.717) is 32.2 Å². The highest BCUT2D eigenvalue weighted by atomic mass is 31.2. The molecule has 0 aromatic heterocycles. The SMILES string of the molecule is O=C(O)c1ccc(N2PNPNP2)cc1. The van der Waals surface area contributed by atoms with E-state index in [-0.39, 0.29) is 0 Å². The second kappa shape index (κ2) is 5.16. The molecule has 80 valence electrons. The van der Waals surface area contributed by atoms with Gasteiger partial charge >= 0.3 is 5.97 Å². The van der Waals surface area contributed by atoms with Crippen LogP contribution in [-0.4, -0.2) is 11.1 Å². The minimum absolute atomic E-state index is 0.324. The van der Waals surface area contributed by atoms with Gasteiger partial charge in [-0.3, -0.25) is 0 Å². The van der Waals surface area contributed by atoms with Gasteiger partial charge in [0.1, 0.15) is 0 Å². The fourth-order valence-corrected chi connectivity index (χ4v) is 5.05. The van der Waals surface area contributed by atoms with Crippen LogP contribution in [0.15, 0.2) is 24.3 Å². The second-order valence-electron chi connectivity index (χ2n) is 2.79. The van der Waals surface area contributed by atoms with Crippen LogP contribution in [-0.2, 0) is 0 Å². The van der Waals surface area contributed by atoms with Crippen molar-refractivity contribution in [3.05, 3.63) is 29.8 Å². The molecule has 8 heteroatoms. The first kappa shape index (κ1) is 11.2. The lowest BCUT2D eigenvalue weighted by Crippen LogP contribution is -2.15. The summed E-state index contributed by atoms with van der Waals surface area (Å²) in [7, 11) is 1.73. The monoisotopic (exact) mass is 261 g/mol. The van der Waals surface area contributed by atoms with E-state index in [1.54, 1.807) is 12.1 Å². The molecular weight excluding hydrogens is 251 g/mol. The van der Waals surface area contributed by atoms with E-state index in [0.717, 1.165) is 5.69 Å².